The van der Waals surface area contributed by atoms with E-state index in [1.165, 1.54) is 48.1 Å². The largest absolute Gasteiger partial charge is 0.306 e. The second-order valence-corrected chi connectivity index (χ2v) is 7.89. The van der Waals surface area contributed by atoms with E-state index in [4.69, 9.17) is 4.98 Å². The Hall–Kier alpha value is -0.450. The number of aryl methyl sites for hydroxylation is 2. The van der Waals surface area contributed by atoms with E-state index in [1.807, 2.05) is 11.3 Å². The maximum absolute atomic E-state index is 4.97. The van der Waals surface area contributed by atoms with Gasteiger partial charge in [-0.15, -0.1) is 11.3 Å². The van der Waals surface area contributed by atoms with Crippen molar-refractivity contribution in [1.29, 1.82) is 0 Å². The summed E-state index contributed by atoms with van der Waals surface area (Å²) in [6.07, 6.45) is 3.41. The second-order valence-electron chi connectivity index (χ2n) is 6.68. The Morgan fingerprint density at radius 2 is 1.95 bits per heavy atom. The minimum atomic E-state index is 0.116. The highest BCUT2D eigenvalue weighted by Crippen LogP contribution is 2.36. The summed E-state index contributed by atoms with van der Waals surface area (Å²) in [6.45, 7) is 15.9. The van der Waals surface area contributed by atoms with Gasteiger partial charge in [0.05, 0.1) is 11.2 Å². The first-order valence-electron chi connectivity index (χ1n) is 8.45. The van der Waals surface area contributed by atoms with Crippen molar-refractivity contribution in [2.24, 2.45) is 5.92 Å². The lowest BCUT2D eigenvalue weighted by Gasteiger charge is -2.41. The molecule has 21 heavy (non-hydrogen) atoms. The lowest BCUT2D eigenvalue weighted by atomic mass is 9.87. The molecule has 1 saturated heterocycles. The normalized spacial score (nSPS) is 19.3. The highest BCUT2D eigenvalue weighted by molar-refractivity contribution is 7.11. The van der Waals surface area contributed by atoms with Crippen molar-refractivity contribution >= 4 is 11.3 Å². The molecule has 0 amide bonds. The minimum absolute atomic E-state index is 0.116. The molecule has 120 valence electrons. The van der Waals surface area contributed by atoms with Crippen LogP contribution in [0.3, 0.4) is 0 Å². The van der Waals surface area contributed by atoms with E-state index in [9.17, 15) is 0 Å². The summed E-state index contributed by atoms with van der Waals surface area (Å²) >= 11 is 1.91. The second kappa shape index (κ2) is 7.21. The Kier molecular flexibility index (Phi) is 5.81. The smallest absolute Gasteiger partial charge is 0.113 e. The Balaban J connectivity index is 2.15. The summed E-state index contributed by atoms with van der Waals surface area (Å²) in [5.41, 5.74) is 1.40. The van der Waals surface area contributed by atoms with Gasteiger partial charge in [-0.3, -0.25) is 0 Å². The Labute approximate surface area is 134 Å². The maximum Gasteiger partial charge on any atom is 0.113 e. The van der Waals surface area contributed by atoms with Gasteiger partial charge in [-0.05, 0) is 38.6 Å². The molecule has 0 bridgehead atoms. The number of hydrogen-bond donors (Lipinski definition) is 1. The number of aromatic nitrogens is 1. The summed E-state index contributed by atoms with van der Waals surface area (Å²) in [5, 5.41) is 5.10. The fourth-order valence-electron chi connectivity index (χ4n) is 3.40. The molecular formula is C17H31N3S. The molecular weight excluding hydrogens is 278 g/mol. The van der Waals surface area contributed by atoms with Crippen molar-refractivity contribution in [1.82, 2.24) is 15.2 Å². The summed E-state index contributed by atoms with van der Waals surface area (Å²) in [7, 11) is 0. The monoisotopic (exact) mass is 309 g/mol. The summed E-state index contributed by atoms with van der Waals surface area (Å²) in [5.74, 6) is 0.755. The van der Waals surface area contributed by atoms with Gasteiger partial charge < -0.3 is 10.2 Å². The fraction of sp³-hybridized carbons (Fsp3) is 0.824. The number of rotatable bonds is 6. The molecule has 0 atom stereocenters. The van der Waals surface area contributed by atoms with Crippen molar-refractivity contribution in [3.8, 4) is 0 Å². The van der Waals surface area contributed by atoms with Crippen LogP contribution in [0.5, 0.6) is 0 Å². The van der Waals surface area contributed by atoms with Gasteiger partial charge >= 0.3 is 0 Å². The number of piperidine rings is 1. The average Bonchev–Trinajstić information content (AvgIpc) is 2.83. The van der Waals surface area contributed by atoms with E-state index in [0.29, 0.717) is 0 Å². The standard InChI is InChI=1S/C17H31N3S/c1-6-15-14(5)21-16(19-15)17(18-7-2)8-10-20(11-9-17)12-13(3)4/h13,18H,6-12H2,1-5H3. The Morgan fingerprint density at radius 3 is 2.43 bits per heavy atom. The molecule has 2 rings (SSSR count). The molecule has 2 heterocycles. The SMILES string of the molecule is CCNC1(c2nc(CC)c(C)s2)CCN(CC(C)C)CC1. The molecule has 3 nitrogen and oxygen atoms in total. The minimum Gasteiger partial charge on any atom is -0.306 e. The zero-order valence-corrected chi connectivity index (χ0v) is 15.1. The molecule has 1 aromatic rings. The van der Waals surface area contributed by atoms with Crippen molar-refractivity contribution in [3.63, 3.8) is 0 Å². The van der Waals surface area contributed by atoms with Crippen molar-refractivity contribution in [2.75, 3.05) is 26.2 Å². The molecule has 0 aliphatic carbocycles. The average molecular weight is 310 g/mol. The number of nitrogens with one attached hydrogen (secondary N) is 1. The molecule has 1 fully saturated rings. The van der Waals surface area contributed by atoms with E-state index < -0.39 is 0 Å². The molecule has 1 N–H and O–H groups in total. The first kappa shape index (κ1) is 16.9. The molecule has 0 saturated carbocycles. The molecule has 4 heteroatoms. The molecule has 1 aliphatic rings. The van der Waals surface area contributed by atoms with E-state index in [2.05, 4.69) is 44.8 Å². The van der Waals surface area contributed by atoms with Gasteiger partial charge in [0.2, 0.25) is 0 Å². The van der Waals surface area contributed by atoms with Crippen LogP contribution in [0.15, 0.2) is 0 Å². The van der Waals surface area contributed by atoms with Crippen LogP contribution in [-0.2, 0) is 12.0 Å². The highest BCUT2D eigenvalue weighted by atomic mass is 32.1. The summed E-state index contributed by atoms with van der Waals surface area (Å²) in [6, 6.07) is 0. The van der Waals surface area contributed by atoms with Gasteiger partial charge in [0.1, 0.15) is 5.01 Å². The van der Waals surface area contributed by atoms with Gasteiger partial charge in [0, 0.05) is 24.5 Å². The fourth-order valence-corrected chi connectivity index (χ4v) is 4.62. The van der Waals surface area contributed by atoms with Gasteiger partial charge in [0.25, 0.3) is 0 Å². The van der Waals surface area contributed by atoms with Gasteiger partial charge in [0.15, 0.2) is 0 Å². The van der Waals surface area contributed by atoms with Crippen molar-refractivity contribution < 1.29 is 0 Å². The van der Waals surface area contributed by atoms with Crippen LogP contribution in [0, 0.1) is 12.8 Å². The predicted molar refractivity (Wildman–Crippen MR) is 92.1 cm³/mol. The molecule has 1 aromatic heterocycles. The lowest BCUT2D eigenvalue weighted by molar-refractivity contribution is 0.124. The highest BCUT2D eigenvalue weighted by Gasteiger charge is 2.38. The zero-order chi connectivity index (χ0) is 15.5. The Bertz CT molecular complexity index is 445. The summed E-state index contributed by atoms with van der Waals surface area (Å²) < 4.78 is 0. The third kappa shape index (κ3) is 3.85. The quantitative estimate of drug-likeness (QED) is 0.871. The summed E-state index contributed by atoms with van der Waals surface area (Å²) in [4.78, 5) is 8.98. The third-order valence-corrected chi connectivity index (χ3v) is 5.70. The van der Waals surface area contributed by atoms with Gasteiger partial charge in [-0.1, -0.05) is 27.7 Å². The van der Waals surface area contributed by atoms with Crippen LogP contribution in [0.1, 0.15) is 56.1 Å². The van der Waals surface area contributed by atoms with Crippen molar-refractivity contribution in [3.05, 3.63) is 15.6 Å². The van der Waals surface area contributed by atoms with Crippen LogP contribution in [0.4, 0.5) is 0 Å². The van der Waals surface area contributed by atoms with Crippen LogP contribution >= 0.6 is 11.3 Å². The molecule has 0 aromatic carbocycles. The van der Waals surface area contributed by atoms with E-state index in [1.54, 1.807) is 0 Å². The predicted octanol–water partition coefficient (Wildman–Crippen LogP) is 3.57. The first-order chi connectivity index (χ1) is 10.0. The van der Waals surface area contributed by atoms with Crippen LogP contribution in [0.2, 0.25) is 0 Å². The third-order valence-electron chi connectivity index (χ3n) is 4.49. The maximum atomic E-state index is 4.97. The molecule has 0 radical (unpaired) electrons. The number of likely N-dealkylation sites (tertiary alicyclic amines) is 1. The van der Waals surface area contributed by atoms with Crippen molar-refractivity contribution in [2.45, 2.75) is 59.4 Å². The number of hydrogen-bond acceptors (Lipinski definition) is 4. The number of nitrogens with zero attached hydrogens (tertiary/aromatic N) is 2. The topological polar surface area (TPSA) is 28.2 Å². The van der Waals surface area contributed by atoms with E-state index in [0.717, 1.165) is 18.9 Å². The lowest BCUT2D eigenvalue weighted by Crippen LogP contribution is -2.51. The number of thiazole rings is 1. The van der Waals surface area contributed by atoms with E-state index >= 15 is 0 Å². The van der Waals surface area contributed by atoms with Gasteiger partial charge in [-0.2, -0.15) is 0 Å². The van der Waals surface area contributed by atoms with E-state index in [-0.39, 0.29) is 5.54 Å². The Morgan fingerprint density at radius 1 is 1.29 bits per heavy atom. The molecule has 0 spiro atoms. The molecule has 1 aliphatic heterocycles. The van der Waals surface area contributed by atoms with Crippen LogP contribution < -0.4 is 5.32 Å². The van der Waals surface area contributed by atoms with Crippen LogP contribution in [-0.4, -0.2) is 36.1 Å². The molecule has 0 unspecified atom stereocenters. The van der Waals surface area contributed by atoms with Crippen LogP contribution in [0.25, 0.3) is 0 Å². The van der Waals surface area contributed by atoms with Gasteiger partial charge in [-0.25, -0.2) is 4.98 Å². The zero-order valence-electron chi connectivity index (χ0n) is 14.3. The first-order valence-corrected chi connectivity index (χ1v) is 9.26.